The number of benzene rings is 1. The molecule has 0 saturated heterocycles. The second-order valence-corrected chi connectivity index (χ2v) is 3.95. The number of H-pyrrole nitrogens is 1. The first-order valence-electron chi connectivity index (χ1n) is 5.77. The topological polar surface area (TPSA) is 68.1 Å². The number of anilines is 1. The molecule has 0 aliphatic heterocycles. The van der Waals surface area contributed by atoms with Crippen molar-refractivity contribution in [3.8, 4) is 0 Å². The smallest absolute Gasteiger partial charge is 0.342 e. The third-order valence-corrected chi connectivity index (χ3v) is 2.67. The van der Waals surface area contributed by atoms with E-state index in [4.69, 9.17) is 10.5 Å². The predicted molar refractivity (Wildman–Crippen MR) is 67.9 cm³/mol. The van der Waals surface area contributed by atoms with E-state index in [0.717, 1.165) is 23.7 Å². The third kappa shape index (κ3) is 2.25. The van der Waals surface area contributed by atoms with Gasteiger partial charge in [-0.05, 0) is 12.5 Å². The summed E-state index contributed by atoms with van der Waals surface area (Å²) in [6.07, 6.45) is 1.87. The van der Waals surface area contributed by atoms with Crippen molar-refractivity contribution >= 4 is 22.7 Å². The molecule has 1 aromatic heterocycles. The van der Waals surface area contributed by atoms with Crippen LogP contribution in [-0.2, 0) is 4.74 Å². The van der Waals surface area contributed by atoms with Gasteiger partial charge in [-0.3, -0.25) is 0 Å². The molecule has 17 heavy (non-hydrogen) atoms. The van der Waals surface area contributed by atoms with E-state index in [9.17, 15) is 4.79 Å². The number of para-hydroxylation sites is 1. The Hall–Kier alpha value is -1.97. The van der Waals surface area contributed by atoms with Crippen molar-refractivity contribution in [1.29, 1.82) is 0 Å². The maximum Gasteiger partial charge on any atom is 0.342 e. The Labute approximate surface area is 99.8 Å². The van der Waals surface area contributed by atoms with E-state index in [1.54, 1.807) is 0 Å². The molecule has 2 aromatic rings. The number of unbranched alkanes of at least 4 members (excludes halogenated alkanes) is 1. The predicted octanol–water partition coefficient (Wildman–Crippen LogP) is 2.71. The fraction of sp³-hybridized carbons (Fsp3) is 0.308. The highest BCUT2D eigenvalue weighted by molar-refractivity contribution is 6.08. The summed E-state index contributed by atoms with van der Waals surface area (Å²) in [5.41, 5.74) is 7.10. The number of hydrogen-bond acceptors (Lipinski definition) is 3. The Bertz CT molecular complexity index is 531. The standard InChI is InChI=1S/C13H16N2O2/c1-2-3-8-17-13(16)11-9-6-4-5-7-10(9)15-12(11)14/h4-7,15H,2-3,8,14H2,1H3. The minimum Gasteiger partial charge on any atom is -0.462 e. The molecule has 4 nitrogen and oxygen atoms in total. The molecular formula is C13H16N2O2. The number of nitrogen functional groups attached to an aromatic ring is 1. The molecule has 0 radical (unpaired) electrons. The van der Waals surface area contributed by atoms with Crippen molar-refractivity contribution in [3.05, 3.63) is 29.8 Å². The van der Waals surface area contributed by atoms with Crippen LogP contribution in [0.15, 0.2) is 24.3 Å². The number of aromatic amines is 1. The molecule has 3 N–H and O–H groups in total. The minimum atomic E-state index is -0.353. The minimum absolute atomic E-state index is 0.353. The lowest BCUT2D eigenvalue weighted by atomic mass is 10.1. The molecule has 1 heterocycles. The first kappa shape index (κ1) is 11.5. The number of carbonyl (C=O) groups excluding carboxylic acids is 1. The summed E-state index contributed by atoms with van der Waals surface area (Å²) in [4.78, 5) is 14.9. The number of aromatic nitrogens is 1. The van der Waals surface area contributed by atoms with Gasteiger partial charge in [0.05, 0.1) is 6.61 Å². The van der Waals surface area contributed by atoms with Crippen molar-refractivity contribution in [2.24, 2.45) is 0 Å². The number of esters is 1. The van der Waals surface area contributed by atoms with Crippen LogP contribution < -0.4 is 5.73 Å². The number of ether oxygens (including phenoxy) is 1. The summed E-state index contributed by atoms with van der Waals surface area (Å²) < 4.78 is 5.18. The van der Waals surface area contributed by atoms with Crippen molar-refractivity contribution in [3.63, 3.8) is 0 Å². The van der Waals surface area contributed by atoms with Crippen molar-refractivity contribution < 1.29 is 9.53 Å². The monoisotopic (exact) mass is 232 g/mol. The van der Waals surface area contributed by atoms with E-state index in [0.29, 0.717) is 18.0 Å². The number of carbonyl (C=O) groups is 1. The molecule has 0 spiro atoms. The van der Waals surface area contributed by atoms with Crippen LogP contribution >= 0.6 is 0 Å². The van der Waals surface area contributed by atoms with E-state index in [1.807, 2.05) is 31.2 Å². The molecule has 0 amide bonds. The van der Waals surface area contributed by atoms with E-state index in [1.165, 1.54) is 0 Å². The van der Waals surface area contributed by atoms with Gasteiger partial charge in [0, 0.05) is 10.9 Å². The lowest BCUT2D eigenvalue weighted by Crippen LogP contribution is -2.08. The Morgan fingerprint density at radius 2 is 2.18 bits per heavy atom. The van der Waals surface area contributed by atoms with Gasteiger partial charge in [-0.2, -0.15) is 0 Å². The van der Waals surface area contributed by atoms with Crippen LogP contribution in [0.1, 0.15) is 30.1 Å². The number of rotatable bonds is 4. The van der Waals surface area contributed by atoms with Crippen molar-refractivity contribution in [1.82, 2.24) is 4.98 Å². The number of nitrogens with two attached hydrogens (primary N) is 1. The Balaban J connectivity index is 2.28. The van der Waals surface area contributed by atoms with Crippen LogP contribution in [-0.4, -0.2) is 17.6 Å². The Morgan fingerprint density at radius 3 is 2.94 bits per heavy atom. The van der Waals surface area contributed by atoms with Gasteiger partial charge in [-0.25, -0.2) is 4.79 Å². The second-order valence-electron chi connectivity index (χ2n) is 3.95. The van der Waals surface area contributed by atoms with Crippen LogP contribution in [0.4, 0.5) is 5.82 Å². The molecule has 0 bridgehead atoms. The van der Waals surface area contributed by atoms with Crippen molar-refractivity contribution in [2.75, 3.05) is 12.3 Å². The summed E-state index contributed by atoms with van der Waals surface area (Å²) in [6, 6.07) is 7.51. The highest BCUT2D eigenvalue weighted by Crippen LogP contribution is 2.24. The third-order valence-electron chi connectivity index (χ3n) is 2.67. The molecular weight excluding hydrogens is 216 g/mol. The number of hydrogen-bond donors (Lipinski definition) is 2. The maximum atomic E-state index is 11.9. The van der Waals surface area contributed by atoms with Crippen LogP contribution in [0.2, 0.25) is 0 Å². The summed E-state index contributed by atoms with van der Waals surface area (Å²) in [7, 11) is 0. The largest absolute Gasteiger partial charge is 0.462 e. The van der Waals surface area contributed by atoms with E-state index in [-0.39, 0.29) is 5.97 Å². The molecule has 0 aliphatic carbocycles. The van der Waals surface area contributed by atoms with E-state index >= 15 is 0 Å². The van der Waals surface area contributed by atoms with Gasteiger partial charge in [-0.1, -0.05) is 31.5 Å². The molecule has 4 heteroatoms. The molecule has 0 aliphatic rings. The average molecular weight is 232 g/mol. The molecule has 2 rings (SSSR count). The SMILES string of the molecule is CCCCOC(=O)c1c(N)[nH]c2ccccc12. The van der Waals surface area contributed by atoms with Gasteiger partial charge >= 0.3 is 5.97 Å². The Kier molecular flexibility index (Phi) is 3.32. The van der Waals surface area contributed by atoms with Crippen LogP contribution in [0.3, 0.4) is 0 Å². The molecule has 0 saturated carbocycles. The fourth-order valence-corrected chi connectivity index (χ4v) is 1.76. The number of nitrogens with one attached hydrogen (secondary N) is 1. The normalized spacial score (nSPS) is 10.6. The summed E-state index contributed by atoms with van der Waals surface area (Å²) in [5.74, 6) is 0.0149. The van der Waals surface area contributed by atoms with Gasteiger partial charge in [0.1, 0.15) is 11.4 Å². The first-order chi connectivity index (χ1) is 8.24. The number of fused-ring (bicyclic) bond motifs is 1. The zero-order valence-corrected chi connectivity index (χ0v) is 9.82. The molecule has 90 valence electrons. The lowest BCUT2D eigenvalue weighted by molar-refractivity contribution is 0.0503. The van der Waals surface area contributed by atoms with Crippen LogP contribution in [0.5, 0.6) is 0 Å². The summed E-state index contributed by atoms with van der Waals surface area (Å²) >= 11 is 0. The van der Waals surface area contributed by atoms with Gasteiger partial charge in [0.2, 0.25) is 0 Å². The molecule has 1 aromatic carbocycles. The molecule has 0 atom stereocenters. The highest BCUT2D eigenvalue weighted by Gasteiger charge is 2.17. The van der Waals surface area contributed by atoms with Crippen LogP contribution in [0, 0.1) is 0 Å². The quantitative estimate of drug-likeness (QED) is 0.629. The van der Waals surface area contributed by atoms with E-state index in [2.05, 4.69) is 4.98 Å². The molecule has 0 unspecified atom stereocenters. The average Bonchev–Trinajstić information content (AvgIpc) is 2.65. The lowest BCUT2D eigenvalue weighted by Gasteiger charge is -2.03. The first-order valence-corrected chi connectivity index (χ1v) is 5.77. The summed E-state index contributed by atoms with van der Waals surface area (Å²) in [5, 5.41) is 0.812. The van der Waals surface area contributed by atoms with Gasteiger partial charge in [-0.15, -0.1) is 0 Å². The zero-order chi connectivity index (χ0) is 12.3. The Morgan fingerprint density at radius 1 is 1.41 bits per heavy atom. The van der Waals surface area contributed by atoms with Gasteiger partial charge in [0.25, 0.3) is 0 Å². The fourth-order valence-electron chi connectivity index (χ4n) is 1.76. The van der Waals surface area contributed by atoms with Gasteiger partial charge in [0.15, 0.2) is 0 Å². The second kappa shape index (κ2) is 4.91. The molecule has 0 fully saturated rings. The maximum absolute atomic E-state index is 11.9. The van der Waals surface area contributed by atoms with Gasteiger partial charge < -0.3 is 15.5 Å². The highest BCUT2D eigenvalue weighted by atomic mass is 16.5. The summed E-state index contributed by atoms with van der Waals surface area (Å²) in [6.45, 7) is 2.49. The van der Waals surface area contributed by atoms with E-state index < -0.39 is 0 Å². The zero-order valence-electron chi connectivity index (χ0n) is 9.82. The van der Waals surface area contributed by atoms with Crippen molar-refractivity contribution in [2.45, 2.75) is 19.8 Å². The van der Waals surface area contributed by atoms with Crippen LogP contribution in [0.25, 0.3) is 10.9 Å².